The van der Waals surface area contributed by atoms with Gasteiger partial charge in [-0.25, -0.2) is 0 Å². The molecule has 0 heterocycles. The van der Waals surface area contributed by atoms with Gasteiger partial charge in [0.25, 0.3) is 0 Å². The third-order valence-corrected chi connectivity index (χ3v) is 5.42. The summed E-state index contributed by atoms with van der Waals surface area (Å²) < 4.78 is -0.845. The van der Waals surface area contributed by atoms with Crippen molar-refractivity contribution in [3.63, 3.8) is 0 Å². The summed E-state index contributed by atoms with van der Waals surface area (Å²) in [6.45, 7) is 2.60. The van der Waals surface area contributed by atoms with Crippen molar-refractivity contribution in [1.82, 2.24) is 5.32 Å². The summed E-state index contributed by atoms with van der Waals surface area (Å²) in [5.41, 5.74) is -0.567. The minimum atomic E-state index is -0.845. The van der Waals surface area contributed by atoms with Crippen molar-refractivity contribution in [3.8, 4) is 0 Å². The van der Waals surface area contributed by atoms with E-state index in [2.05, 4.69) is 5.32 Å². The molecule has 0 aliphatic heterocycles. The Morgan fingerprint density at radius 3 is 2.41 bits per heavy atom. The van der Waals surface area contributed by atoms with Gasteiger partial charge in [0.15, 0.2) is 0 Å². The zero-order valence-corrected chi connectivity index (χ0v) is 11.9. The molecule has 0 aromatic carbocycles. The monoisotopic (exact) mass is 277 g/mol. The van der Waals surface area contributed by atoms with Crippen LogP contribution in [0.3, 0.4) is 0 Å². The average molecular weight is 278 g/mol. The standard InChI is InChI=1S/C13H21Cl2NO/c1-12(9-13(12,14)15)11(17)16-8-7-10-5-3-2-4-6-10/h10H,2-9H2,1H3,(H,16,17)/t12-/m1/s1. The lowest BCUT2D eigenvalue weighted by Crippen LogP contribution is -2.34. The molecular weight excluding hydrogens is 257 g/mol. The van der Waals surface area contributed by atoms with E-state index in [1.165, 1.54) is 32.1 Å². The number of nitrogens with one attached hydrogen (secondary N) is 1. The van der Waals surface area contributed by atoms with Gasteiger partial charge in [-0.2, -0.15) is 0 Å². The molecule has 1 amide bonds. The van der Waals surface area contributed by atoms with Gasteiger partial charge in [0, 0.05) is 6.54 Å². The van der Waals surface area contributed by atoms with Crippen LogP contribution in [0.25, 0.3) is 0 Å². The fraction of sp³-hybridized carbons (Fsp3) is 0.923. The van der Waals surface area contributed by atoms with Crippen LogP contribution in [0, 0.1) is 11.3 Å². The van der Waals surface area contributed by atoms with E-state index in [0.717, 1.165) is 18.9 Å². The van der Waals surface area contributed by atoms with Crippen molar-refractivity contribution in [2.24, 2.45) is 11.3 Å². The Morgan fingerprint density at radius 1 is 1.29 bits per heavy atom. The van der Waals surface area contributed by atoms with Crippen LogP contribution in [0.15, 0.2) is 0 Å². The first-order valence-electron chi connectivity index (χ1n) is 6.62. The second-order valence-corrected chi connectivity index (χ2v) is 7.25. The second kappa shape index (κ2) is 4.97. The molecule has 0 saturated heterocycles. The van der Waals surface area contributed by atoms with Crippen LogP contribution in [-0.2, 0) is 4.79 Å². The first-order valence-corrected chi connectivity index (χ1v) is 7.37. The molecule has 0 radical (unpaired) electrons. The minimum Gasteiger partial charge on any atom is -0.356 e. The largest absolute Gasteiger partial charge is 0.356 e. The van der Waals surface area contributed by atoms with Gasteiger partial charge in [-0.15, -0.1) is 23.2 Å². The van der Waals surface area contributed by atoms with Crippen molar-refractivity contribution in [2.45, 2.75) is 56.2 Å². The van der Waals surface area contributed by atoms with Crippen LogP contribution in [0.4, 0.5) is 0 Å². The number of halogens is 2. The maximum Gasteiger partial charge on any atom is 0.229 e. The third kappa shape index (κ3) is 2.90. The zero-order valence-electron chi connectivity index (χ0n) is 10.4. The highest BCUT2D eigenvalue weighted by atomic mass is 35.5. The number of carbonyl (C=O) groups is 1. The molecule has 4 heteroatoms. The zero-order chi connectivity index (χ0) is 12.5. The van der Waals surface area contributed by atoms with Crippen LogP contribution in [0.2, 0.25) is 0 Å². The van der Waals surface area contributed by atoms with Crippen LogP contribution >= 0.6 is 23.2 Å². The molecule has 98 valence electrons. The second-order valence-electron chi connectivity index (χ2n) is 5.76. The van der Waals surface area contributed by atoms with Crippen molar-refractivity contribution < 1.29 is 4.79 Å². The quantitative estimate of drug-likeness (QED) is 0.781. The summed E-state index contributed by atoms with van der Waals surface area (Å²) in [5, 5.41) is 2.98. The van der Waals surface area contributed by atoms with Crippen LogP contribution < -0.4 is 5.32 Å². The predicted octanol–water partition coefficient (Wildman–Crippen LogP) is 3.66. The van der Waals surface area contributed by atoms with E-state index in [1.807, 2.05) is 6.92 Å². The fourth-order valence-electron chi connectivity index (χ4n) is 2.71. The molecule has 2 aliphatic carbocycles. The molecular formula is C13H21Cl2NO. The molecule has 0 bridgehead atoms. The summed E-state index contributed by atoms with van der Waals surface area (Å²) >= 11 is 12.0. The SMILES string of the molecule is C[C@]1(C(=O)NCCC2CCCCC2)CC1(Cl)Cl. The van der Waals surface area contributed by atoms with E-state index in [4.69, 9.17) is 23.2 Å². The Hall–Kier alpha value is 0.0500. The van der Waals surface area contributed by atoms with E-state index < -0.39 is 9.75 Å². The van der Waals surface area contributed by atoms with Gasteiger partial charge in [-0.1, -0.05) is 32.1 Å². The topological polar surface area (TPSA) is 29.1 Å². The first kappa shape index (κ1) is 13.5. The van der Waals surface area contributed by atoms with E-state index in [0.29, 0.717) is 6.42 Å². The summed E-state index contributed by atoms with van der Waals surface area (Å²) in [7, 11) is 0. The number of alkyl halides is 2. The predicted molar refractivity (Wildman–Crippen MR) is 71.4 cm³/mol. The molecule has 1 atom stereocenters. The van der Waals surface area contributed by atoms with Gasteiger partial charge in [-0.3, -0.25) is 4.79 Å². The molecule has 2 fully saturated rings. The smallest absolute Gasteiger partial charge is 0.229 e. The summed E-state index contributed by atoms with van der Waals surface area (Å²) in [5.74, 6) is 0.811. The van der Waals surface area contributed by atoms with Gasteiger partial charge in [0.2, 0.25) is 5.91 Å². The van der Waals surface area contributed by atoms with Crippen molar-refractivity contribution in [3.05, 3.63) is 0 Å². The van der Waals surface area contributed by atoms with E-state index >= 15 is 0 Å². The Labute approximate surface area is 113 Å². The molecule has 2 saturated carbocycles. The molecule has 1 N–H and O–H groups in total. The van der Waals surface area contributed by atoms with Crippen molar-refractivity contribution >= 4 is 29.1 Å². The molecule has 2 rings (SSSR count). The van der Waals surface area contributed by atoms with Gasteiger partial charge in [0.1, 0.15) is 4.33 Å². The van der Waals surface area contributed by atoms with E-state index in [9.17, 15) is 4.79 Å². The Balaban J connectivity index is 1.67. The Morgan fingerprint density at radius 2 is 1.88 bits per heavy atom. The molecule has 0 unspecified atom stereocenters. The average Bonchev–Trinajstić information content (AvgIpc) is 2.81. The number of amides is 1. The molecule has 17 heavy (non-hydrogen) atoms. The highest BCUT2D eigenvalue weighted by Crippen LogP contribution is 2.63. The molecule has 0 aromatic rings. The summed E-state index contributed by atoms with van der Waals surface area (Å²) in [4.78, 5) is 11.9. The van der Waals surface area contributed by atoms with Crippen LogP contribution in [0.1, 0.15) is 51.9 Å². The molecule has 2 aliphatic rings. The number of hydrogen-bond donors (Lipinski definition) is 1. The van der Waals surface area contributed by atoms with Gasteiger partial charge in [0.05, 0.1) is 5.41 Å². The normalized spacial score (nSPS) is 32.2. The van der Waals surface area contributed by atoms with Crippen LogP contribution in [-0.4, -0.2) is 16.8 Å². The van der Waals surface area contributed by atoms with Crippen LogP contribution in [0.5, 0.6) is 0 Å². The molecule has 0 spiro atoms. The molecule has 0 aromatic heterocycles. The number of rotatable bonds is 4. The van der Waals surface area contributed by atoms with Crippen molar-refractivity contribution in [2.75, 3.05) is 6.54 Å². The summed E-state index contributed by atoms with van der Waals surface area (Å²) in [6, 6.07) is 0. The van der Waals surface area contributed by atoms with Crippen molar-refractivity contribution in [1.29, 1.82) is 0 Å². The van der Waals surface area contributed by atoms with Gasteiger partial charge >= 0.3 is 0 Å². The number of carbonyl (C=O) groups excluding carboxylic acids is 1. The molecule has 2 nitrogen and oxygen atoms in total. The Kier molecular flexibility index (Phi) is 3.94. The van der Waals surface area contributed by atoms with E-state index in [-0.39, 0.29) is 5.91 Å². The lowest BCUT2D eigenvalue weighted by Gasteiger charge is -2.22. The fourth-order valence-corrected chi connectivity index (χ4v) is 3.41. The Bertz CT molecular complexity index is 300. The highest BCUT2D eigenvalue weighted by Gasteiger charge is 2.67. The first-order chi connectivity index (χ1) is 7.96. The highest BCUT2D eigenvalue weighted by molar-refractivity contribution is 6.53. The summed E-state index contributed by atoms with van der Waals surface area (Å²) in [6.07, 6.45) is 8.38. The number of hydrogen-bond acceptors (Lipinski definition) is 1. The lowest BCUT2D eigenvalue weighted by molar-refractivity contribution is -0.125. The van der Waals surface area contributed by atoms with Gasteiger partial charge in [-0.05, 0) is 25.7 Å². The lowest BCUT2D eigenvalue weighted by atomic mass is 9.87. The van der Waals surface area contributed by atoms with E-state index in [1.54, 1.807) is 0 Å². The maximum absolute atomic E-state index is 11.9. The third-order valence-electron chi connectivity index (χ3n) is 4.32. The minimum absolute atomic E-state index is 0.0123. The van der Waals surface area contributed by atoms with Gasteiger partial charge < -0.3 is 5.32 Å². The maximum atomic E-state index is 11.9.